The van der Waals surface area contributed by atoms with Crippen molar-refractivity contribution in [1.82, 2.24) is 9.55 Å². The number of carboxylic acid groups (broad SMARTS) is 1. The van der Waals surface area contributed by atoms with Crippen molar-refractivity contribution >= 4 is 28.8 Å². The van der Waals surface area contributed by atoms with Gasteiger partial charge < -0.3 is 9.67 Å². The summed E-state index contributed by atoms with van der Waals surface area (Å²) in [5.41, 5.74) is 3.14. The zero-order valence-corrected chi connectivity index (χ0v) is 11.5. The van der Waals surface area contributed by atoms with E-state index in [0.29, 0.717) is 0 Å². The summed E-state index contributed by atoms with van der Waals surface area (Å²) in [4.78, 5) is 15.2. The van der Waals surface area contributed by atoms with Crippen molar-refractivity contribution in [3.8, 4) is 0 Å². The summed E-state index contributed by atoms with van der Waals surface area (Å²) in [5, 5.41) is 9.54. The van der Waals surface area contributed by atoms with Crippen LogP contribution in [0.3, 0.4) is 0 Å². The molecule has 0 aliphatic heterocycles. The lowest BCUT2D eigenvalue weighted by molar-refractivity contribution is -0.133. The molecule has 0 saturated carbocycles. The smallest absolute Gasteiger partial charge is 0.313 e. The van der Waals surface area contributed by atoms with Crippen LogP contribution in [0, 0.1) is 6.92 Å². The molecule has 4 nitrogen and oxygen atoms in total. The molecule has 1 aromatic heterocycles. The van der Waals surface area contributed by atoms with Gasteiger partial charge in [-0.3, -0.25) is 4.79 Å². The standard InChI is InChI=1S/C13H16N2O2S/c1-8(2)15-11-5-4-9(3)6-10(11)14-13(15)18-7-12(16)17/h4-6,8H,7H2,1-3H3,(H,16,17). The predicted octanol–water partition coefficient (Wildman–Crippen LogP) is 3.10. The van der Waals surface area contributed by atoms with E-state index in [0.717, 1.165) is 21.8 Å². The van der Waals surface area contributed by atoms with Gasteiger partial charge in [0.2, 0.25) is 0 Å². The second-order valence-electron chi connectivity index (χ2n) is 4.53. The van der Waals surface area contributed by atoms with E-state index in [-0.39, 0.29) is 11.8 Å². The van der Waals surface area contributed by atoms with Gasteiger partial charge in [-0.25, -0.2) is 4.98 Å². The number of fused-ring (bicyclic) bond motifs is 1. The van der Waals surface area contributed by atoms with Crippen LogP contribution in [0.25, 0.3) is 11.0 Å². The molecule has 0 bridgehead atoms. The van der Waals surface area contributed by atoms with Crippen molar-refractivity contribution in [3.63, 3.8) is 0 Å². The Kier molecular flexibility index (Phi) is 3.61. The number of rotatable bonds is 4. The highest BCUT2D eigenvalue weighted by molar-refractivity contribution is 7.99. The maximum atomic E-state index is 10.7. The fourth-order valence-electron chi connectivity index (χ4n) is 1.91. The molecular weight excluding hydrogens is 248 g/mol. The van der Waals surface area contributed by atoms with Gasteiger partial charge >= 0.3 is 5.97 Å². The third kappa shape index (κ3) is 2.51. The quantitative estimate of drug-likeness (QED) is 0.862. The van der Waals surface area contributed by atoms with Crippen LogP contribution in [0.2, 0.25) is 0 Å². The van der Waals surface area contributed by atoms with Gasteiger partial charge in [0.15, 0.2) is 5.16 Å². The van der Waals surface area contributed by atoms with Crippen LogP contribution in [-0.2, 0) is 4.79 Å². The first-order chi connectivity index (χ1) is 8.49. The molecule has 0 amide bonds. The molecule has 0 radical (unpaired) electrons. The van der Waals surface area contributed by atoms with Gasteiger partial charge in [-0.05, 0) is 38.5 Å². The van der Waals surface area contributed by atoms with Crippen LogP contribution in [0.5, 0.6) is 0 Å². The molecule has 5 heteroatoms. The van der Waals surface area contributed by atoms with Crippen molar-refractivity contribution in [2.24, 2.45) is 0 Å². The molecule has 0 unspecified atom stereocenters. The Bertz CT molecular complexity index is 590. The Labute approximate surface area is 110 Å². The summed E-state index contributed by atoms with van der Waals surface area (Å²) in [6.45, 7) is 6.18. The molecule has 18 heavy (non-hydrogen) atoms. The summed E-state index contributed by atoms with van der Waals surface area (Å²) in [7, 11) is 0. The highest BCUT2D eigenvalue weighted by atomic mass is 32.2. The van der Waals surface area contributed by atoms with Gasteiger partial charge in [0, 0.05) is 6.04 Å². The van der Waals surface area contributed by atoms with E-state index in [1.807, 2.05) is 19.1 Å². The highest BCUT2D eigenvalue weighted by Crippen LogP contribution is 2.28. The van der Waals surface area contributed by atoms with Crippen LogP contribution in [-0.4, -0.2) is 26.4 Å². The lowest BCUT2D eigenvalue weighted by Crippen LogP contribution is -2.05. The zero-order valence-electron chi connectivity index (χ0n) is 10.7. The number of benzene rings is 1. The van der Waals surface area contributed by atoms with Crippen LogP contribution < -0.4 is 0 Å². The number of hydrogen-bond acceptors (Lipinski definition) is 3. The molecule has 2 aromatic rings. The first-order valence-corrected chi connectivity index (χ1v) is 6.81. The number of hydrogen-bond donors (Lipinski definition) is 1. The fraction of sp³-hybridized carbons (Fsp3) is 0.385. The number of imidazole rings is 1. The third-order valence-corrected chi connectivity index (χ3v) is 3.59. The fourth-order valence-corrected chi connectivity index (χ4v) is 2.78. The van der Waals surface area contributed by atoms with E-state index in [1.165, 1.54) is 11.8 Å². The molecule has 0 saturated heterocycles. The summed E-state index contributed by atoms with van der Waals surface area (Å²) in [6, 6.07) is 6.38. The van der Waals surface area contributed by atoms with E-state index in [4.69, 9.17) is 5.11 Å². The molecule has 0 aliphatic carbocycles. The Morgan fingerprint density at radius 1 is 1.50 bits per heavy atom. The zero-order chi connectivity index (χ0) is 13.3. The van der Waals surface area contributed by atoms with Crippen LogP contribution in [0.1, 0.15) is 25.5 Å². The summed E-state index contributed by atoms with van der Waals surface area (Å²) in [5.74, 6) is -0.784. The molecule has 1 N–H and O–H groups in total. The monoisotopic (exact) mass is 264 g/mol. The normalized spacial score (nSPS) is 11.3. The Morgan fingerprint density at radius 3 is 2.83 bits per heavy atom. The third-order valence-electron chi connectivity index (χ3n) is 2.65. The largest absolute Gasteiger partial charge is 0.481 e. The van der Waals surface area contributed by atoms with E-state index < -0.39 is 5.97 Å². The SMILES string of the molecule is Cc1ccc2c(c1)nc(SCC(=O)O)n2C(C)C. The highest BCUT2D eigenvalue weighted by Gasteiger charge is 2.14. The minimum atomic E-state index is -0.821. The van der Waals surface area contributed by atoms with Crippen LogP contribution >= 0.6 is 11.8 Å². The predicted molar refractivity (Wildman–Crippen MR) is 73.2 cm³/mol. The summed E-state index contributed by atoms with van der Waals surface area (Å²) < 4.78 is 2.09. The molecule has 1 aromatic carbocycles. The van der Waals surface area contributed by atoms with Gasteiger partial charge in [0.25, 0.3) is 0 Å². The first kappa shape index (κ1) is 13.0. The lowest BCUT2D eigenvalue weighted by Gasteiger charge is -2.11. The average molecular weight is 264 g/mol. The van der Waals surface area contributed by atoms with Gasteiger partial charge in [-0.1, -0.05) is 17.8 Å². The minimum Gasteiger partial charge on any atom is -0.481 e. The second kappa shape index (κ2) is 5.02. The maximum Gasteiger partial charge on any atom is 0.313 e. The van der Waals surface area contributed by atoms with E-state index in [9.17, 15) is 4.79 Å². The van der Waals surface area contributed by atoms with E-state index in [2.05, 4.69) is 29.5 Å². The van der Waals surface area contributed by atoms with E-state index >= 15 is 0 Å². The van der Waals surface area contributed by atoms with E-state index in [1.54, 1.807) is 0 Å². The lowest BCUT2D eigenvalue weighted by atomic mass is 10.2. The summed E-state index contributed by atoms with van der Waals surface area (Å²) >= 11 is 1.27. The molecule has 1 heterocycles. The Morgan fingerprint density at radius 2 is 2.22 bits per heavy atom. The number of aromatic nitrogens is 2. The molecule has 0 aliphatic rings. The number of aryl methyl sites for hydroxylation is 1. The maximum absolute atomic E-state index is 10.7. The average Bonchev–Trinajstić information content (AvgIpc) is 2.63. The van der Waals surface area contributed by atoms with Crippen molar-refractivity contribution in [2.45, 2.75) is 32.0 Å². The topological polar surface area (TPSA) is 55.1 Å². The molecular formula is C13H16N2O2S. The first-order valence-electron chi connectivity index (χ1n) is 5.82. The van der Waals surface area contributed by atoms with Gasteiger partial charge in [0.1, 0.15) is 0 Å². The van der Waals surface area contributed by atoms with Crippen molar-refractivity contribution in [1.29, 1.82) is 0 Å². The molecule has 2 rings (SSSR count). The Balaban J connectivity index is 2.50. The molecule has 0 fully saturated rings. The van der Waals surface area contributed by atoms with Gasteiger partial charge in [-0.2, -0.15) is 0 Å². The van der Waals surface area contributed by atoms with Gasteiger partial charge in [-0.15, -0.1) is 0 Å². The number of aliphatic carboxylic acids is 1. The second-order valence-corrected chi connectivity index (χ2v) is 5.48. The van der Waals surface area contributed by atoms with Crippen molar-refractivity contribution in [3.05, 3.63) is 23.8 Å². The summed E-state index contributed by atoms with van der Waals surface area (Å²) in [6.07, 6.45) is 0. The van der Waals surface area contributed by atoms with Crippen molar-refractivity contribution in [2.75, 3.05) is 5.75 Å². The molecule has 0 atom stereocenters. The number of carbonyl (C=O) groups is 1. The Hall–Kier alpha value is -1.49. The minimum absolute atomic E-state index is 0.0367. The number of nitrogens with zero attached hydrogens (tertiary/aromatic N) is 2. The number of carboxylic acids is 1. The number of thioether (sulfide) groups is 1. The molecule has 0 spiro atoms. The molecule has 96 valence electrons. The van der Waals surface area contributed by atoms with Crippen LogP contribution in [0.15, 0.2) is 23.4 Å². The van der Waals surface area contributed by atoms with Crippen LogP contribution in [0.4, 0.5) is 0 Å². The van der Waals surface area contributed by atoms with Crippen molar-refractivity contribution < 1.29 is 9.90 Å². The van der Waals surface area contributed by atoms with Gasteiger partial charge in [0.05, 0.1) is 16.8 Å².